The highest BCUT2D eigenvalue weighted by atomic mass is 32.1. The fourth-order valence-electron chi connectivity index (χ4n) is 3.90. The third kappa shape index (κ3) is 3.45. The van der Waals surface area contributed by atoms with Gasteiger partial charge >= 0.3 is 0 Å². The number of aromatic nitrogens is 2. The molecule has 0 saturated carbocycles. The van der Waals surface area contributed by atoms with Gasteiger partial charge in [0.15, 0.2) is 0 Å². The van der Waals surface area contributed by atoms with Gasteiger partial charge in [-0.05, 0) is 52.4 Å². The minimum Gasteiger partial charge on any atom is -0.359 e. The Morgan fingerprint density at radius 1 is 1.21 bits per heavy atom. The molecule has 0 unspecified atom stereocenters. The molecule has 4 rings (SSSR count). The Hall–Kier alpha value is -2.93. The second-order valence-corrected chi connectivity index (χ2v) is 7.97. The first-order valence-electron chi connectivity index (χ1n) is 9.24. The van der Waals surface area contributed by atoms with Crippen LogP contribution in [0.3, 0.4) is 0 Å². The minimum absolute atomic E-state index is 0.0191. The van der Waals surface area contributed by atoms with Crippen molar-refractivity contribution in [2.75, 3.05) is 20.1 Å². The highest BCUT2D eigenvalue weighted by molar-refractivity contribution is 7.08. The number of amides is 2. The van der Waals surface area contributed by atoms with Crippen LogP contribution in [0.4, 0.5) is 0 Å². The van der Waals surface area contributed by atoms with E-state index in [2.05, 4.69) is 56.6 Å². The minimum atomic E-state index is -0.617. The Morgan fingerprint density at radius 2 is 2.04 bits per heavy atom. The van der Waals surface area contributed by atoms with E-state index in [9.17, 15) is 9.59 Å². The van der Waals surface area contributed by atoms with Crippen molar-refractivity contribution in [3.05, 3.63) is 64.6 Å². The standard InChI is InChI=1S/C21H22N4O2S/c1-22-20(27)21(8-10-25(14-21)19(26)18-6-9-23-24-18)12-15-2-4-16(5-3-15)17-7-11-28-13-17/h2-7,9,11,13H,8,10,12,14H2,1H3,(H,22,27)(H,23,24)/t21-/m0/s1. The molecule has 1 aliphatic heterocycles. The van der Waals surface area contributed by atoms with E-state index in [1.54, 1.807) is 35.5 Å². The van der Waals surface area contributed by atoms with Crippen molar-refractivity contribution in [1.82, 2.24) is 20.4 Å². The monoisotopic (exact) mass is 394 g/mol. The molecule has 1 atom stereocenters. The summed E-state index contributed by atoms with van der Waals surface area (Å²) in [5.74, 6) is -0.134. The largest absolute Gasteiger partial charge is 0.359 e. The van der Waals surface area contributed by atoms with Gasteiger partial charge in [0.1, 0.15) is 5.69 Å². The third-order valence-corrected chi connectivity index (χ3v) is 6.12. The van der Waals surface area contributed by atoms with Crippen LogP contribution in [0.15, 0.2) is 53.4 Å². The summed E-state index contributed by atoms with van der Waals surface area (Å²) >= 11 is 1.68. The number of hydrogen-bond donors (Lipinski definition) is 2. The summed E-state index contributed by atoms with van der Waals surface area (Å²) in [5, 5.41) is 13.5. The molecule has 7 heteroatoms. The zero-order valence-corrected chi connectivity index (χ0v) is 16.5. The van der Waals surface area contributed by atoms with Gasteiger partial charge in [-0.1, -0.05) is 24.3 Å². The molecular weight excluding hydrogens is 372 g/mol. The molecule has 6 nitrogen and oxygen atoms in total. The van der Waals surface area contributed by atoms with Crippen molar-refractivity contribution in [3.63, 3.8) is 0 Å². The Kier molecular flexibility index (Phi) is 5.00. The first kappa shape index (κ1) is 18.4. The van der Waals surface area contributed by atoms with E-state index in [1.807, 2.05) is 0 Å². The van der Waals surface area contributed by atoms with E-state index in [-0.39, 0.29) is 11.8 Å². The number of aromatic amines is 1. The van der Waals surface area contributed by atoms with Gasteiger partial charge in [0.2, 0.25) is 5.91 Å². The average molecular weight is 395 g/mol. The molecule has 3 aromatic rings. The first-order valence-corrected chi connectivity index (χ1v) is 10.2. The number of H-pyrrole nitrogens is 1. The smallest absolute Gasteiger partial charge is 0.271 e. The van der Waals surface area contributed by atoms with Crippen molar-refractivity contribution in [3.8, 4) is 11.1 Å². The van der Waals surface area contributed by atoms with Gasteiger partial charge in [-0.25, -0.2) is 0 Å². The molecule has 2 aromatic heterocycles. The van der Waals surface area contributed by atoms with Crippen LogP contribution in [0.1, 0.15) is 22.5 Å². The molecule has 2 N–H and O–H groups in total. The van der Waals surface area contributed by atoms with Crippen LogP contribution >= 0.6 is 11.3 Å². The number of carbonyl (C=O) groups excluding carboxylic acids is 2. The molecule has 0 aliphatic carbocycles. The summed E-state index contributed by atoms with van der Waals surface area (Å²) in [6.07, 6.45) is 2.80. The third-order valence-electron chi connectivity index (χ3n) is 5.43. The van der Waals surface area contributed by atoms with E-state index in [0.717, 1.165) is 5.56 Å². The zero-order valence-electron chi connectivity index (χ0n) is 15.6. The Bertz CT molecular complexity index is 951. The summed E-state index contributed by atoms with van der Waals surface area (Å²) in [7, 11) is 1.66. The summed E-state index contributed by atoms with van der Waals surface area (Å²) in [4.78, 5) is 27.2. The maximum Gasteiger partial charge on any atom is 0.271 e. The van der Waals surface area contributed by atoms with Crippen LogP contribution < -0.4 is 5.32 Å². The lowest BCUT2D eigenvalue weighted by atomic mass is 9.79. The molecule has 1 aromatic carbocycles. The van der Waals surface area contributed by atoms with Crippen molar-refractivity contribution in [2.45, 2.75) is 12.8 Å². The fraction of sp³-hybridized carbons (Fsp3) is 0.286. The van der Waals surface area contributed by atoms with Crippen LogP contribution in [0, 0.1) is 5.41 Å². The van der Waals surface area contributed by atoms with Gasteiger partial charge in [-0.15, -0.1) is 0 Å². The number of thiophene rings is 1. The van der Waals surface area contributed by atoms with Crippen molar-refractivity contribution in [2.24, 2.45) is 5.41 Å². The number of nitrogens with zero attached hydrogens (tertiary/aromatic N) is 2. The molecule has 0 spiro atoms. The van der Waals surface area contributed by atoms with Crippen molar-refractivity contribution < 1.29 is 9.59 Å². The molecule has 1 saturated heterocycles. The van der Waals surface area contributed by atoms with E-state index in [0.29, 0.717) is 31.6 Å². The lowest BCUT2D eigenvalue weighted by molar-refractivity contribution is -0.129. The van der Waals surface area contributed by atoms with E-state index in [4.69, 9.17) is 0 Å². The maximum atomic E-state index is 12.8. The predicted molar refractivity (Wildman–Crippen MR) is 109 cm³/mol. The maximum absolute atomic E-state index is 12.8. The number of carbonyl (C=O) groups is 2. The van der Waals surface area contributed by atoms with E-state index in [1.165, 1.54) is 11.1 Å². The topological polar surface area (TPSA) is 78.1 Å². The molecule has 28 heavy (non-hydrogen) atoms. The second kappa shape index (κ2) is 7.59. The van der Waals surface area contributed by atoms with E-state index >= 15 is 0 Å². The molecule has 3 heterocycles. The Balaban J connectivity index is 1.54. The van der Waals surface area contributed by atoms with Crippen LogP contribution in [0.2, 0.25) is 0 Å². The van der Waals surface area contributed by atoms with Crippen molar-refractivity contribution in [1.29, 1.82) is 0 Å². The molecule has 0 bridgehead atoms. The SMILES string of the molecule is CNC(=O)[C@]1(Cc2ccc(-c3ccsc3)cc2)CCN(C(=O)c2ccn[nH]2)C1. The highest BCUT2D eigenvalue weighted by Gasteiger charge is 2.45. The second-order valence-electron chi connectivity index (χ2n) is 7.19. The van der Waals surface area contributed by atoms with Gasteiger partial charge in [0.25, 0.3) is 5.91 Å². The molecule has 2 amide bonds. The van der Waals surface area contributed by atoms with E-state index < -0.39 is 5.41 Å². The van der Waals surface area contributed by atoms with Gasteiger partial charge < -0.3 is 10.2 Å². The Morgan fingerprint density at radius 3 is 2.68 bits per heavy atom. The number of benzene rings is 1. The summed E-state index contributed by atoms with van der Waals surface area (Å²) in [6, 6.07) is 12.1. The quantitative estimate of drug-likeness (QED) is 0.698. The van der Waals surface area contributed by atoms with Crippen LogP contribution in [-0.2, 0) is 11.2 Å². The number of likely N-dealkylation sites (tertiary alicyclic amines) is 1. The van der Waals surface area contributed by atoms with Crippen molar-refractivity contribution >= 4 is 23.2 Å². The lowest BCUT2D eigenvalue weighted by Gasteiger charge is -2.27. The lowest BCUT2D eigenvalue weighted by Crippen LogP contribution is -2.44. The van der Waals surface area contributed by atoms with Crippen LogP contribution in [0.5, 0.6) is 0 Å². The number of rotatable bonds is 5. The predicted octanol–water partition coefficient (Wildman–Crippen LogP) is 2.96. The summed E-state index contributed by atoms with van der Waals surface area (Å²) < 4.78 is 0. The van der Waals surface area contributed by atoms with Gasteiger partial charge in [0.05, 0.1) is 5.41 Å². The van der Waals surface area contributed by atoms with Gasteiger partial charge in [-0.3, -0.25) is 14.7 Å². The first-order chi connectivity index (χ1) is 13.6. The molecule has 144 valence electrons. The fourth-order valence-corrected chi connectivity index (χ4v) is 4.57. The van der Waals surface area contributed by atoms with Gasteiger partial charge in [-0.2, -0.15) is 16.4 Å². The molecule has 1 aliphatic rings. The Labute approximate surface area is 167 Å². The molecule has 1 fully saturated rings. The summed E-state index contributed by atoms with van der Waals surface area (Å²) in [5.41, 5.74) is 3.30. The number of hydrogen-bond acceptors (Lipinski definition) is 4. The van der Waals surface area contributed by atoms with Gasteiger partial charge in [0, 0.05) is 26.3 Å². The average Bonchev–Trinajstić information content (AvgIpc) is 3.49. The molecule has 0 radical (unpaired) electrons. The zero-order chi connectivity index (χ0) is 19.6. The molecular formula is C21H22N4O2S. The normalized spacial score (nSPS) is 19.0. The summed E-state index contributed by atoms with van der Waals surface area (Å²) in [6.45, 7) is 0.953. The van der Waals surface area contributed by atoms with Crippen LogP contribution in [0.25, 0.3) is 11.1 Å². The van der Waals surface area contributed by atoms with Crippen LogP contribution in [-0.4, -0.2) is 47.0 Å². The highest BCUT2D eigenvalue weighted by Crippen LogP contribution is 2.36. The number of nitrogens with one attached hydrogen (secondary N) is 2.